The summed E-state index contributed by atoms with van der Waals surface area (Å²) in [6.07, 6.45) is 7.75. The molecule has 0 aromatic rings. The van der Waals surface area contributed by atoms with E-state index in [1.807, 2.05) is 6.08 Å². The summed E-state index contributed by atoms with van der Waals surface area (Å²) < 4.78 is 4.91. The molecule has 0 aromatic carbocycles. The van der Waals surface area contributed by atoms with Crippen LogP contribution in [0.4, 0.5) is 0 Å². The number of allylic oxidation sites excluding steroid dienone is 1. The van der Waals surface area contributed by atoms with Crippen LogP contribution in [0.1, 0.15) is 52.9 Å². The lowest BCUT2D eigenvalue weighted by atomic mass is 10.1. The third-order valence-electron chi connectivity index (χ3n) is 2.45. The van der Waals surface area contributed by atoms with Crippen LogP contribution in [-0.4, -0.2) is 12.6 Å². The second-order valence-corrected chi connectivity index (χ2v) is 4.35. The Hall–Kier alpha value is -0.500. The molecule has 0 aliphatic heterocycles. The normalized spacial score (nSPS) is 13.6. The number of rotatable bonds is 8. The number of hydrogen-bond donors (Lipinski definition) is 0. The van der Waals surface area contributed by atoms with Gasteiger partial charge in [0, 0.05) is 5.03 Å². The van der Waals surface area contributed by atoms with Crippen molar-refractivity contribution in [2.24, 2.45) is 5.92 Å². The number of ether oxygens (including phenoxy) is 1. The van der Waals surface area contributed by atoms with Crippen molar-refractivity contribution >= 4 is 17.6 Å². The van der Waals surface area contributed by atoms with E-state index in [0.717, 1.165) is 12.8 Å². The number of hydrogen-bond acceptors (Lipinski definition) is 2. The molecule has 0 heterocycles. The van der Waals surface area contributed by atoms with Gasteiger partial charge in [-0.2, -0.15) is 0 Å². The van der Waals surface area contributed by atoms with Crippen LogP contribution in [0.2, 0.25) is 0 Å². The molecule has 16 heavy (non-hydrogen) atoms. The Balaban J connectivity index is 3.87. The van der Waals surface area contributed by atoms with E-state index >= 15 is 0 Å². The SMILES string of the molecule is CCCCCC/C=C(/Cl)C(C)C(=O)OCC. The van der Waals surface area contributed by atoms with Crippen molar-refractivity contribution in [1.29, 1.82) is 0 Å². The lowest BCUT2D eigenvalue weighted by Gasteiger charge is -2.09. The first-order chi connectivity index (χ1) is 7.63. The first-order valence-electron chi connectivity index (χ1n) is 6.15. The van der Waals surface area contributed by atoms with Crippen molar-refractivity contribution in [3.8, 4) is 0 Å². The summed E-state index contributed by atoms with van der Waals surface area (Å²) in [5.74, 6) is -0.565. The van der Waals surface area contributed by atoms with Gasteiger partial charge in [-0.15, -0.1) is 0 Å². The van der Waals surface area contributed by atoms with E-state index in [-0.39, 0.29) is 11.9 Å². The average molecular weight is 247 g/mol. The second kappa shape index (κ2) is 9.71. The molecule has 2 nitrogen and oxygen atoms in total. The van der Waals surface area contributed by atoms with Gasteiger partial charge in [0.1, 0.15) is 0 Å². The zero-order valence-electron chi connectivity index (χ0n) is 10.6. The van der Waals surface area contributed by atoms with Gasteiger partial charge in [-0.1, -0.05) is 43.9 Å². The largest absolute Gasteiger partial charge is 0.466 e. The summed E-state index contributed by atoms with van der Waals surface area (Å²) >= 11 is 6.03. The highest BCUT2D eigenvalue weighted by molar-refractivity contribution is 6.31. The molecule has 0 aromatic heterocycles. The highest BCUT2D eigenvalue weighted by Crippen LogP contribution is 2.18. The zero-order valence-corrected chi connectivity index (χ0v) is 11.3. The highest BCUT2D eigenvalue weighted by Gasteiger charge is 2.16. The molecule has 0 fully saturated rings. The Morgan fingerprint density at radius 1 is 1.31 bits per heavy atom. The van der Waals surface area contributed by atoms with Crippen LogP contribution < -0.4 is 0 Å². The first-order valence-corrected chi connectivity index (χ1v) is 6.53. The summed E-state index contributed by atoms with van der Waals surface area (Å²) in [4.78, 5) is 11.4. The smallest absolute Gasteiger partial charge is 0.314 e. The van der Waals surface area contributed by atoms with Crippen molar-refractivity contribution < 1.29 is 9.53 Å². The van der Waals surface area contributed by atoms with E-state index in [2.05, 4.69) is 6.92 Å². The third-order valence-corrected chi connectivity index (χ3v) is 2.93. The third kappa shape index (κ3) is 6.89. The fourth-order valence-electron chi connectivity index (χ4n) is 1.37. The number of halogens is 1. The standard InChI is InChI=1S/C13H23ClO2/c1-4-6-7-8-9-10-12(14)11(3)13(15)16-5-2/h10-11H,4-9H2,1-3H3/b12-10+. The van der Waals surface area contributed by atoms with E-state index in [9.17, 15) is 4.79 Å². The molecular formula is C13H23ClO2. The lowest BCUT2D eigenvalue weighted by Crippen LogP contribution is -2.14. The lowest BCUT2D eigenvalue weighted by molar-refractivity contribution is -0.145. The molecule has 0 radical (unpaired) electrons. The Bertz CT molecular complexity index is 224. The molecule has 0 amide bonds. The van der Waals surface area contributed by atoms with E-state index in [0.29, 0.717) is 11.6 Å². The van der Waals surface area contributed by atoms with Gasteiger partial charge in [-0.25, -0.2) is 0 Å². The number of esters is 1. The molecule has 0 aliphatic carbocycles. The predicted molar refractivity (Wildman–Crippen MR) is 68.5 cm³/mol. The van der Waals surface area contributed by atoms with Gasteiger partial charge in [0.15, 0.2) is 0 Å². The van der Waals surface area contributed by atoms with Crippen LogP contribution in [0.25, 0.3) is 0 Å². The highest BCUT2D eigenvalue weighted by atomic mass is 35.5. The summed E-state index contributed by atoms with van der Waals surface area (Å²) in [5.41, 5.74) is 0. The molecule has 3 heteroatoms. The van der Waals surface area contributed by atoms with Gasteiger partial charge in [-0.05, 0) is 26.7 Å². The van der Waals surface area contributed by atoms with E-state index in [1.54, 1.807) is 13.8 Å². The molecule has 1 atom stereocenters. The Morgan fingerprint density at radius 2 is 2.00 bits per heavy atom. The fourth-order valence-corrected chi connectivity index (χ4v) is 1.57. The van der Waals surface area contributed by atoms with Crippen LogP contribution in [0.3, 0.4) is 0 Å². The minimum absolute atomic E-state index is 0.239. The van der Waals surface area contributed by atoms with Crippen LogP contribution >= 0.6 is 11.6 Å². The quantitative estimate of drug-likeness (QED) is 0.472. The molecule has 0 aliphatic rings. The Kier molecular flexibility index (Phi) is 9.40. The van der Waals surface area contributed by atoms with Crippen molar-refractivity contribution in [2.75, 3.05) is 6.61 Å². The van der Waals surface area contributed by atoms with Crippen molar-refractivity contribution in [2.45, 2.75) is 52.9 Å². The number of unbranched alkanes of at least 4 members (excludes halogenated alkanes) is 4. The van der Waals surface area contributed by atoms with Gasteiger partial charge < -0.3 is 4.74 Å². The van der Waals surface area contributed by atoms with E-state index in [1.165, 1.54) is 19.3 Å². The van der Waals surface area contributed by atoms with Gasteiger partial charge in [-0.3, -0.25) is 4.79 Å². The molecule has 94 valence electrons. The minimum atomic E-state index is -0.326. The molecule has 0 N–H and O–H groups in total. The van der Waals surface area contributed by atoms with Crippen molar-refractivity contribution in [3.63, 3.8) is 0 Å². The Labute approximate surface area is 104 Å². The molecule has 0 saturated heterocycles. The van der Waals surface area contributed by atoms with Gasteiger partial charge in [0.25, 0.3) is 0 Å². The predicted octanol–water partition coefficient (Wildman–Crippen LogP) is 4.28. The minimum Gasteiger partial charge on any atom is -0.466 e. The average Bonchev–Trinajstić information content (AvgIpc) is 2.27. The second-order valence-electron chi connectivity index (χ2n) is 3.91. The number of carbonyl (C=O) groups excluding carboxylic acids is 1. The fraction of sp³-hybridized carbons (Fsp3) is 0.769. The van der Waals surface area contributed by atoms with Gasteiger partial charge in [0.2, 0.25) is 0 Å². The van der Waals surface area contributed by atoms with E-state index < -0.39 is 0 Å². The van der Waals surface area contributed by atoms with Crippen molar-refractivity contribution in [1.82, 2.24) is 0 Å². The van der Waals surface area contributed by atoms with Crippen LogP contribution in [0.15, 0.2) is 11.1 Å². The summed E-state index contributed by atoms with van der Waals surface area (Å²) in [7, 11) is 0. The van der Waals surface area contributed by atoms with Crippen LogP contribution in [-0.2, 0) is 9.53 Å². The maximum atomic E-state index is 11.4. The van der Waals surface area contributed by atoms with Crippen LogP contribution in [0.5, 0.6) is 0 Å². The Morgan fingerprint density at radius 3 is 2.56 bits per heavy atom. The molecule has 0 rings (SSSR count). The monoisotopic (exact) mass is 246 g/mol. The molecule has 0 saturated carbocycles. The van der Waals surface area contributed by atoms with Crippen LogP contribution in [0, 0.1) is 5.92 Å². The summed E-state index contributed by atoms with van der Waals surface area (Å²) in [6.45, 7) is 6.17. The molecule has 1 unspecified atom stereocenters. The van der Waals surface area contributed by atoms with Gasteiger partial charge in [0.05, 0.1) is 12.5 Å². The summed E-state index contributed by atoms with van der Waals surface area (Å²) in [6, 6.07) is 0. The maximum Gasteiger partial charge on any atom is 0.314 e. The molecular weight excluding hydrogens is 224 g/mol. The first kappa shape index (κ1) is 15.5. The maximum absolute atomic E-state index is 11.4. The van der Waals surface area contributed by atoms with Gasteiger partial charge >= 0.3 is 5.97 Å². The molecule has 0 spiro atoms. The number of carbonyl (C=O) groups is 1. The zero-order chi connectivity index (χ0) is 12.4. The van der Waals surface area contributed by atoms with Crippen molar-refractivity contribution in [3.05, 3.63) is 11.1 Å². The molecule has 0 bridgehead atoms. The topological polar surface area (TPSA) is 26.3 Å². The summed E-state index contributed by atoms with van der Waals surface area (Å²) in [5, 5.41) is 0.606. The van der Waals surface area contributed by atoms with E-state index in [4.69, 9.17) is 16.3 Å².